The average molecular weight is 567 g/mol. The Balaban J connectivity index is 3.27. The van der Waals surface area contributed by atoms with E-state index in [9.17, 15) is 86.8 Å². The number of phenols is 4. The van der Waals surface area contributed by atoms with Crippen molar-refractivity contribution in [3.05, 3.63) is 10.6 Å². The van der Waals surface area contributed by atoms with Gasteiger partial charge in [0.2, 0.25) is 17.2 Å². The molecule has 0 radical (unpaired) electrons. The zero-order valence-corrected chi connectivity index (χ0v) is 19.5. The van der Waals surface area contributed by atoms with E-state index in [1.165, 1.54) is 0 Å². The number of hydrogen-bond donors (Lipinski definition) is 18. The first-order chi connectivity index (χ1) is 16.1. The van der Waals surface area contributed by atoms with Gasteiger partial charge in [0.1, 0.15) is 10.7 Å². The van der Waals surface area contributed by atoms with E-state index in [0.29, 0.717) is 14.1 Å². The molecule has 2 unspecified atom stereocenters. The zero-order chi connectivity index (χ0) is 29.7. The van der Waals surface area contributed by atoms with Crippen molar-refractivity contribution in [3.63, 3.8) is 0 Å². The molecule has 0 spiro atoms. The molecule has 37 heavy (non-hydrogen) atoms. The minimum Gasteiger partial charge on any atom is -0.504 e. The molecule has 0 amide bonds. The number of aromatic hydroxyl groups is 4. The first-order valence-electron chi connectivity index (χ1n) is 9.60. The lowest BCUT2D eigenvalue weighted by atomic mass is 9.44. The van der Waals surface area contributed by atoms with Gasteiger partial charge in [0.25, 0.3) is 11.7 Å². The number of phenolic OH excluding ortho intramolecular Hbond substituents is 4. The molecule has 19 N–H and O–H groups in total. The number of rotatable bonds is 7. The predicted octanol–water partition coefficient (Wildman–Crippen LogP) is -7.94. The van der Waals surface area contributed by atoms with Crippen molar-refractivity contribution in [2.24, 2.45) is 5.73 Å². The van der Waals surface area contributed by atoms with E-state index in [1.807, 2.05) is 0 Å². The molecule has 214 valence electrons. The molecule has 0 heterocycles. The summed E-state index contributed by atoms with van der Waals surface area (Å²) in [6.45, 7) is 0. The summed E-state index contributed by atoms with van der Waals surface area (Å²) in [5.74, 6) is -30.4. The molecule has 0 saturated heterocycles. The van der Waals surface area contributed by atoms with Crippen LogP contribution >= 0.6 is 11.6 Å². The largest absolute Gasteiger partial charge is 0.504 e. The van der Waals surface area contributed by atoms with Gasteiger partial charge in [-0.1, -0.05) is 11.6 Å². The minimum atomic E-state index is -4.77. The van der Waals surface area contributed by atoms with Crippen LogP contribution in [0.1, 0.15) is 12.0 Å². The molecule has 1 saturated carbocycles. The summed E-state index contributed by atoms with van der Waals surface area (Å²) >= 11 is 5.51. The number of halogens is 1. The summed E-state index contributed by atoms with van der Waals surface area (Å²) in [5.41, 5.74) is -10.2. The Morgan fingerprint density at radius 1 is 0.703 bits per heavy atom. The molecule has 1 aliphatic rings. The van der Waals surface area contributed by atoms with Crippen LogP contribution in [0.3, 0.4) is 0 Å². The fourth-order valence-electron chi connectivity index (χ4n) is 4.56. The Morgan fingerprint density at radius 2 is 1.05 bits per heavy atom. The number of nitrogens with two attached hydrogens (primary N) is 1. The van der Waals surface area contributed by atoms with Gasteiger partial charge < -0.3 is 86.8 Å². The van der Waals surface area contributed by atoms with E-state index < -0.39 is 86.0 Å². The van der Waals surface area contributed by atoms with Crippen molar-refractivity contribution in [1.82, 2.24) is 4.90 Å². The van der Waals surface area contributed by atoms with E-state index in [1.54, 1.807) is 0 Å². The van der Waals surface area contributed by atoms with Crippen LogP contribution in [-0.2, 0) is 5.41 Å². The van der Waals surface area contributed by atoms with E-state index in [0.717, 1.165) is 0 Å². The lowest BCUT2D eigenvalue weighted by Gasteiger charge is -2.72. The first-order valence-corrected chi connectivity index (χ1v) is 9.98. The summed E-state index contributed by atoms with van der Waals surface area (Å²) in [7, 11) is 1.26. The molecular formula is C17H27ClN2O17. The van der Waals surface area contributed by atoms with Gasteiger partial charge in [-0.25, -0.2) is 0 Å². The van der Waals surface area contributed by atoms with Crippen molar-refractivity contribution < 1.29 is 86.8 Å². The third-order valence-corrected chi connectivity index (χ3v) is 7.10. The SMILES string of the molecule is CN(C)C(O)(CC(O)(C(N)(O)O)C(O)(O)O)C1(c2c(O)c(O)c(Cl)c(O)c2O)C(O)(O)C(O)(O)C1(O)O. The maximum Gasteiger partial charge on any atom is 0.313 e. The second kappa shape index (κ2) is 8.06. The van der Waals surface area contributed by atoms with Gasteiger partial charge in [-0.05, 0) is 14.1 Å². The second-order valence-electron chi connectivity index (χ2n) is 8.96. The smallest absolute Gasteiger partial charge is 0.313 e. The van der Waals surface area contributed by atoms with Gasteiger partial charge in [-0.15, -0.1) is 0 Å². The number of hydrogen-bond acceptors (Lipinski definition) is 19. The Bertz CT molecular complexity index is 1030. The van der Waals surface area contributed by atoms with Gasteiger partial charge in [-0.2, -0.15) is 0 Å². The molecule has 0 bridgehead atoms. The Labute approximate surface area is 209 Å². The van der Waals surface area contributed by atoms with Crippen LogP contribution in [0, 0.1) is 0 Å². The molecule has 20 heteroatoms. The van der Waals surface area contributed by atoms with E-state index in [2.05, 4.69) is 0 Å². The predicted molar refractivity (Wildman–Crippen MR) is 110 cm³/mol. The third-order valence-electron chi connectivity index (χ3n) is 6.74. The molecule has 1 aliphatic carbocycles. The summed E-state index contributed by atoms with van der Waals surface area (Å²) < 4.78 is 0. The molecule has 1 aromatic rings. The molecule has 19 nitrogen and oxygen atoms in total. The van der Waals surface area contributed by atoms with Crippen LogP contribution < -0.4 is 5.73 Å². The molecule has 1 fully saturated rings. The highest BCUT2D eigenvalue weighted by Crippen LogP contribution is 2.71. The molecule has 2 rings (SSSR count). The summed E-state index contributed by atoms with van der Waals surface area (Å²) in [6.07, 6.45) is -2.41. The Hall–Kier alpha value is -1.89. The highest BCUT2D eigenvalue weighted by atomic mass is 35.5. The Morgan fingerprint density at radius 3 is 1.32 bits per heavy atom. The summed E-state index contributed by atoms with van der Waals surface area (Å²) in [4.78, 5) is 0.134. The van der Waals surface area contributed by atoms with Gasteiger partial charge in [-0.3, -0.25) is 10.6 Å². The molecule has 2 atom stereocenters. The summed E-state index contributed by atoms with van der Waals surface area (Å²) in [6, 6.07) is 0. The second-order valence-corrected chi connectivity index (χ2v) is 9.34. The topological polar surface area (TPSA) is 373 Å². The fourth-order valence-corrected chi connectivity index (χ4v) is 4.74. The van der Waals surface area contributed by atoms with Crippen LogP contribution in [-0.4, -0.2) is 146 Å². The van der Waals surface area contributed by atoms with Crippen molar-refractivity contribution in [1.29, 1.82) is 0 Å². The van der Waals surface area contributed by atoms with Crippen molar-refractivity contribution in [2.45, 2.75) is 52.4 Å². The highest BCUT2D eigenvalue weighted by molar-refractivity contribution is 6.34. The van der Waals surface area contributed by atoms with Gasteiger partial charge in [0.15, 0.2) is 28.4 Å². The summed E-state index contributed by atoms with van der Waals surface area (Å²) in [5, 5.41) is 174. The first kappa shape index (κ1) is 31.3. The van der Waals surface area contributed by atoms with Crippen LogP contribution in [0.4, 0.5) is 0 Å². The normalized spacial score (nSPS) is 23.7. The van der Waals surface area contributed by atoms with E-state index >= 15 is 0 Å². The lowest BCUT2D eigenvalue weighted by Crippen LogP contribution is -3.00. The maximum atomic E-state index is 11.7. The third kappa shape index (κ3) is 3.31. The molecule has 0 aromatic heterocycles. The Kier molecular flexibility index (Phi) is 6.83. The van der Waals surface area contributed by atoms with Crippen LogP contribution in [0.25, 0.3) is 0 Å². The number of likely N-dealkylation sites (N-methyl/N-ethyl adjacent to an activating group) is 1. The average Bonchev–Trinajstić information content (AvgIpc) is 2.70. The maximum absolute atomic E-state index is 11.7. The zero-order valence-electron chi connectivity index (χ0n) is 18.7. The van der Waals surface area contributed by atoms with Crippen molar-refractivity contribution in [3.8, 4) is 23.0 Å². The standard InChI is InChI=1S/C17H27ClN2O17/c1-20(2)11(26,3-10(25,16(19,33)34)17(35,36)37)12(13(27,28)15(31,32)14(12,29)30)4-6(21)8(23)5(18)9(24)7(4)22/h21-37H,3,19H2,1-2H3. The van der Waals surface area contributed by atoms with Crippen LogP contribution in [0.5, 0.6) is 23.0 Å². The minimum absolute atomic E-state index is 0.134. The fraction of sp³-hybridized carbons (Fsp3) is 0.647. The van der Waals surface area contributed by atoms with Gasteiger partial charge >= 0.3 is 5.97 Å². The monoisotopic (exact) mass is 566 g/mol. The van der Waals surface area contributed by atoms with Gasteiger partial charge in [0, 0.05) is 6.42 Å². The van der Waals surface area contributed by atoms with Crippen molar-refractivity contribution in [2.75, 3.05) is 14.1 Å². The molecule has 0 aliphatic heterocycles. The number of nitrogens with zero attached hydrogens (tertiary/aromatic N) is 1. The molecule has 1 aromatic carbocycles. The van der Waals surface area contributed by atoms with Crippen LogP contribution in [0.2, 0.25) is 5.02 Å². The highest BCUT2D eigenvalue weighted by Gasteiger charge is 2.97. The van der Waals surface area contributed by atoms with E-state index in [4.69, 9.17) is 17.3 Å². The van der Waals surface area contributed by atoms with Gasteiger partial charge in [0.05, 0.1) is 5.56 Å². The number of benzene rings is 1. The lowest BCUT2D eigenvalue weighted by molar-refractivity contribution is -0.594. The quantitative estimate of drug-likeness (QED) is 0.0826. The number of aliphatic hydroxyl groups is 13. The van der Waals surface area contributed by atoms with Crippen LogP contribution in [0.15, 0.2) is 0 Å². The van der Waals surface area contributed by atoms with Crippen molar-refractivity contribution >= 4 is 11.6 Å². The van der Waals surface area contributed by atoms with E-state index in [-0.39, 0.29) is 4.90 Å². The molecular weight excluding hydrogens is 540 g/mol.